The standard InChI is InChI=1S/C16H13ClN2O2S/c1-2-21-13-5-3-12(4-6-13)19-16(20)11(10-18)9-14-7-8-15(17)22-14/h3-9H,2H2,1H3,(H,19,20)/b11-9-. The summed E-state index contributed by atoms with van der Waals surface area (Å²) in [6.07, 6.45) is 1.51. The summed E-state index contributed by atoms with van der Waals surface area (Å²) in [5.41, 5.74) is 0.617. The minimum Gasteiger partial charge on any atom is -0.494 e. The summed E-state index contributed by atoms with van der Waals surface area (Å²) in [6, 6.07) is 12.3. The number of carbonyl (C=O) groups excluding carboxylic acids is 1. The Morgan fingerprint density at radius 2 is 2.09 bits per heavy atom. The highest BCUT2D eigenvalue weighted by Crippen LogP contribution is 2.24. The van der Waals surface area contributed by atoms with Crippen LogP contribution < -0.4 is 10.1 Å². The maximum Gasteiger partial charge on any atom is 0.266 e. The lowest BCUT2D eigenvalue weighted by molar-refractivity contribution is -0.112. The SMILES string of the molecule is CCOc1ccc(NC(=O)/C(C#N)=C\c2ccc(Cl)s2)cc1. The molecule has 4 nitrogen and oxygen atoms in total. The molecule has 1 amide bonds. The van der Waals surface area contributed by atoms with Crippen molar-refractivity contribution in [3.8, 4) is 11.8 Å². The van der Waals surface area contributed by atoms with Crippen LogP contribution >= 0.6 is 22.9 Å². The fraction of sp³-hybridized carbons (Fsp3) is 0.125. The van der Waals surface area contributed by atoms with Crippen LogP contribution in [0, 0.1) is 11.3 Å². The Balaban J connectivity index is 2.09. The van der Waals surface area contributed by atoms with E-state index in [0.29, 0.717) is 16.6 Å². The number of carbonyl (C=O) groups is 1. The first-order chi connectivity index (χ1) is 10.6. The molecule has 0 spiro atoms. The van der Waals surface area contributed by atoms with E-state index in [4.69, 9.17) is 21.6 Å². The molecule has 2 rings (SSSR count). The number of halogens is 1. The molecule has 0 saturated carbocycles. The van der Waals surface area contributed by atoms with Crippen LogP contribution in [-0.4, -0.2) is 12.5 Å². The molecule has 0 atom stereocenters. The van der Waals surface area contributed by atoms with E-state index in [1.165, 1.54) is 17.4 Å². The maximum atomic E-state index is 12.1. The van der Waals surface area contributed by atoms with Gasteiger partial charge in [0.2, 0.25) is 0 Å². The van der Waals surface area contributed by atoms with Gasteiger partial charge in [-0.1, -0.05) is 11.6 Å². The van der Waals surface area contributed by atoms with Gasteiger partial charge in [-0.2, -0.15) is 5.26 Å². The second-order valence-electron chi connectivity index (χ2n) is 4.22. The minimum absolute atomic E-state index is 0.0207. The van der Waals surface area contributed by atoms with E-state index in [2.05, 4.69) is 5.32 Å². The molecule has 0 bridgehead atoms. The van der Waals surface area contributed by atoms with Gasteiger partial charge in [-0.25, -0.2) is 0 Å². The van der Waals surface area contributed by atoms with E-state index >= 15 is 0 Å². The highest BCUT2D eigenvalue weighted by Gasteiger charge is 2.10. The molecule has 0 aliphatic carbocycles. The van der Waals surface area contributed by atoms with Gasteiger partial charge in [0, 0.05) is 10.6 Å². The number of benzene rings is 1. The van der Waals surface area contributed by atoms with E-state index in [0.717, 1.165) is 10.6 Å². The number of anilines is 1. The lowest BCUT2D eigenvalue weighted by Gasteiger charge is -2.06. The quantitative estimate of drug-likeness (QED) is 0.654. The van der Waals surface area contributed by atoms with E-state index in [-0.39, 0.29) is 5.57 Å². The molecule has 0 fully saturated rings. The molecule has 6 heteroatoms. The first-order valence-corrected chi connectivity index (χ1v) is 7.73. The highest BCUT2D eigenvalue weighted by atomic mass is 35.5. The smallest absolute Gasteiger partial charge is 0.266 e. The van der Waals surface area contributed by atoms with E-state index in [1.54, 1.807) is 36.4 Å². The Kier molecular flexibility index (Phi) is 5.59. The van der Waals surface area contributed by atoms with Crippen molar-refractivity contribution in [2.24, 2.45) is 0 Å². The fourth-order valence-electron chi connectivity index (χ4n) is 1.70. The van der Waals surface area contributed by atoms with Crippen LogP contribution in [0.3, 0.4) is 0 Å². The minimum atomic E-state index is -0.462. The number of hydrogen-bond donors (Lipinski definition) is 1. The van der Waals surface area contributed by atoms with Crippen LogP contribution in [0.1, 0.15) is 11.8 Å². The summed E-state index contributed by atoms with van der Waals surface area (Å²) in [6.45, 7) is 2.48. The lowest BCUT2D eigenvalue weighted by atomic mass is 10.2. The van der Waals surface area contributed by atoms with E-state index in [9.17, 15) is 4.79 Å². The number of amides is 1. The molecule has 0 unspecified atom stereocenters. The largest absolute Gasteiger partial charge is 0.494 e. The average Bonchev–Trinajstić information content (AvgIpc) is 2.92. The van der Waals surface area contributed by atoms with Crippen molar-refractivity contribution < 1.29 is 9.53 Å². The summed E-state index contributed by atoms with van der Waals surface area (Å²) >= 11 is 7.13. The Morgan fingerprint density at radius 1 is 1.36 bits per heavy atom. The van der Waals surface area contributed by atoms with Crippen LogP contribution in [-0.2, 0) is 4.79 Å². The molecule has 1 aromatic carbocycles. The van der Waals surface area contributed by atoms with Crippen LogP contribution in [0.4, 0.5) is 5.69 Å². The molecule has 0 radical (unpaired) electrons. The Labute approximate surface area is 137 Å². The van der Waals surface area contributed by atoms with Crippen molar-refractivity contribution in [2.45, 2.75) is 6.92 Å². The maximum absolute atomic E-state index is 12.1. The van der Waals surface area contributed by atoms with Crippen molar-refractivity contribution in [3.05, 3.63) is 51.2 Å². The van der Waals surface area contributed by atoms with Gasteiger partial charge in [0.1, 0.15) is 17.4 Å². The van der Waals surface area contributed by atoms with Gasteiger partial charge < -0.3 is 10.1 Å². The second-order valence-corrected chi connectivity index (χ2v) is 5.97. The van der Waals surface area contributed by atoms with E-state index in [1.807, 2.05) is 13.0 Å². The van der Waals surface area contributed by atoms with Crippen molar-refractivity contribution in [1.82, 2.24) is 0 Å². The first-order valence-electron chi connectivity index (χ1n) is 6.53. The lowest BCUT2D eigenvalue weighted by Crippen LogP contribution is -2.13. The third-order valence-corrected chi connectivity index (χ3v) is 3.85. The summed E-state index contributed by atoms with van der Waals surface area (Å²) in [7, 11) is 0. The molecule has 1 heterocycles. The normalized spacial score (nSPS) is 10.9. The molecular weight excluding hydrogens is 320 g/mol. The zero-order valence-corrected chi connectivity index (χ0v) is 13.4. The summed E-state index contributed by atoms with van der Waals surface area (Å²) in [5.74, 6) is 0.265. The van der Waals surface area contributed by atoms with Crippen LogP contribution in [0.2, 0.25) is 4.34 Å². The molecule has 2 aromatic rings. The van der Waals surface area contributed by atoms with Gasteiger partial charge in [-0.3, -0.25) is 4.79 Å². The predicted octanol–water partition coefficient (Wildman–Crippen LogP) is 4.35. The average molecular weight is 333 g/mol. The van der Waals surface area contributed by atoms with Crippen LogP contribution in [0.15, 0.2) is 42.0 Å². The van der Waals surface area contributed by atoms with Gasteiger partial charge in [0.25, 0.3) is 5.91 Å². The molecular formula is C16H13ClN2O2S. The van der Waals surface area contributed by atoms with Gasteiger partial charge in [0.05, 0.1) is 10.9 Å². The Bertz CT molecular complexity index is 729. The Morgan fingerprint density at radius 3 is 2.64 bits per heavy atom. The Hall–Kier alpha value is -2.29. The summed E-state index contributed by atoms with van der Waals surface area (Å²) in [4.78, 5) is 12.9. The number of nitrogens with zero attached hydrogens (tertiary/aromatic N) is 1. The van der Waals surface area contributed by atoms with Gasteiger partial charge >= 0.3 is 0 Å². The van der Waals surface area contributed by atoms with Crippen molar-refractivity contribution in [1.29, 1.82) is 5.26 Å². The molecule has 22 heavy (non-hydrogen) atoms. The number of hydrogen-bond acceptors (Lipinski definition) is 4. The van der Waals surface area contributed by atoms with Crippen LogP contribution in [0.5, 0.6) is 5.75 Å². The highest BCUT2D eigenvalue weighted by molar-refractivity contribution is 7.17. The number of nitrogens with one attached hydrogen (secondary N) is 1. The van der Waals surface area contributed by atoms with Crippen molar-refractivity contribution in [3.63, 3.8) is 0 Å². The monoisotopic (exact) mass is 332 g/mol. The molecule has 1 N–H and O–H groups in total. The predicted molar refractivity (Wildman–Crippen MR) is 89.2 cm³/mol. The van der Waals surface area contributed by atoms with Gasteiger partial charge in [0.15, 0.2) is 0 Å². The molecule has 0 aliphatic rings. The zero-order valence-electron chi connectivity index (χ0n) is 11.8. The van der Waals surface area contributed by atoms with Gasteiger partial charge in [-0.05, 0) is 49.4 Å². The number of ether oxygens (including phenoxy) is 1. The van der Waals surface area contributed by atoms with Gasteiger partial charge in [-0.15, -0.1) is 11.3 Å². The number of nitriles is 1. The second kappa shape index (κ2) is 7.64. The third kappa shape index (κ3) is 4.35. The fourth-order valence-corrected chi connectivity index (χ4v) is 2.70. The van der Waals surface area contributed by atoms with Crippen molar-refractivity contribution in [2.75, 3.05) is 11.9 Å². The number of thiophene rings is 1. The summed E-state index contributed by atoms with van der Waals surface area (Å²) < 4.78 is 5.94. The topological polar surface area (TPSA) is 62.1 Å². The van der Waals surface area contributed by atoms with Crippen molar-refractivity contribution >= 4 is 40.6 Å². The third-order valence-electron chi connectivity index (χ3n) is 2.67. The number of rotatable bonds is 5. The molecule has 112 valence electrons. The zero-order chi connectivity index (χ0) is 15.9. The molecule has 1 aromatic heterocycles. The summed E-state index contributed by atoms with van der Waals surface area (Å²) in [5, 5.41) is 11.8. The molecule has 0 aliphatic heterocycles. The van der Waals surface area contributed by atoms with Crippen LogP contribution in [0.25, 0.3) is 6.08 Å². The first kappa shape index (κ1) is 16.1. The van der Waals surface area contributed by atoms with E-state index < -0.39 is 5.91 Å². The molecule has 0 saturated heterocycles.